The van der Waals surface area contributed by atoms with Gasteiger partial charge < -0.3 is 0 Å². The first-order valence-electron chi connectivity index (χ1n) is 3.87. The summed E-state index contributed by atoms with van der Waals surface area (Å²) in [5.41, 5.74) is 2.43. The summed E-state index contributed by atoms with van der Waals surface area (Å²) in [6, 6.07) is 8.30. The number of aliphatic imine (C=N–C) groups is 1. The Kier molecular flexibility index (Phi) is 1.85. The maximum atomic E-state index is 4.35. The van der Waals surface area contributed by atoms with Crippen LogP contribution in [0.25, 0.3) is 0 Å². The Bertz CT molecular complexity index is 373. The van der Waals surface area contributed by atoms with E-state index < -0.39 is 0 Å². The largest absolute Gasteiger partial charge is 0.255 e. The normalized spacial score (nSPS) is 14.1. The Balaban J connectivity index is 2.64. The lowest BCUT2D eigenvalue weighted by Crippen LogP contribution is -1.96. The summed E-state index contributed by atoms with van der Waals surface area (Å²) in [5, 5.41) is 0. The smallest absolute Gasteiger partial charge is 0.0713 e. The minimum atomic E-state index is 0.315. The molecule has 0 saturated carbocycles. The Hall–Kier alpha value is -0.890. The number of para-hydroxylation sites is 1. The van der Waals surface area contributed by atoms with Crippen LogP contribution < -0.4 is 0 Å². The molecule has 0 amide bonds. The molecule has 0 fully saturated rings. The molecule has 1 aliphatic heterocycles. The summed E-state index contributed by atoms with van der Waals surface area (Å²) < 4.78 is 0. The molecule has 2 heteroatoms. The molecular weight excluding hydrogens is 166 g/mol. The quantitative estimate of drug-likeness (QED) is 0.540. The second-order valence-corrected chi connectivity index (χ2v) is 5.03. The highest BCUT2D eigenvalue weighted by Gasteiger charge is 2.10. The van der Waals surface area contributed by atoms with Gasteiger partial charge in [-0.15, -0.1) is 0 Å². The van der Waals surface area contributed by atoms with E-state index in [0.29, 0.717) is 10.5 Å². The third-order valence-corrected chi connectivity index (χ3v) is 3.14. The molecule has 0 aromatic heterocycles. The van der Waals surface area contributed by atoms with E-state index in [1.54, 1.807) is 0 Å². The van der Waals surface area contributed by atoms with Gasteiger partial charge in [0.1, 0.15) is 0 Å². The van der Waals surface area contributed by atoms with Gasteiger partial charge in [-0.3, -0.25) is 4.99 Å². The molecule has 0 bridgehead atoms. The molecule has 1 heterocycles. The zero-order valence-corrected chi connectivity index (χ0v) is 8.06. The zero-order valence-electron chi connectivity index (χ0n) is 7.24. The zero-order chi connectivity index (χ0) is 8.55. The van der Waals surface area contributed by atoms with E-state index in [4.69, 9.17) is 0 Å². The van der Waals surface area contributed by atoms with Crippen molar-refractivity contribution < 1.29 is 0 Å². The average molecular weight is 177 g/mol. The summed E-state index contributed by atoms with van der Waals surface area (Å²) in [7, 11) is 0.315. The molecule has 0 saturated heterocycles. The van der Waals surface area contributed by atoms with Crippen molar-refractivity contribution in [2.45, 2.75) is 0 Å². The molecule has 0 unspecified atom stereocenters. The number of hydrogen-bond donors (Lipinski definition) is 0. The van der Waals surface area contributed by atoms with Gasteiger partial charge in [0, 0.05) is 16.6 Å². The van der Waals surface area contributed by atoms with Gasteiger partial charge in [-0.05, 0) is 18.6 Å². The van der Waals surface area contributed by atoms with Crippen molar-refractivity contribution in [1.29, 1.82) is 0 Å². The van der Waals surface area contributed by atoms with Crippen LogP contribution in [0.4, 0.5) is 5.69 Å². The van der Waals surface area contributed by atoms with Crippen molar-refractivity contribution in [2.75, 3.05) is 12.5 Å². The van der Waals surface area contributed by atoms with Crippen molar-refractivity contribution in [3.05, 3.63) is 29.8 Å². The monoisotopic (exact) mass is 177 g/mol. The van der Waals surface area contributed by atoms with Crippen LogP contribution in [0, 0.1) is 0 Å². The molecule has 0 aliphatic carbocycles. The van der Waals surface area contributed by atoms with Crippen molar-refractivity contribution in [2.24, 2.45) is 4.99 Å². The van der Waals surface area contributed by atoms with Crippen LogP contribution in [0.2, 0.25) is 0 Å². The average Bonchev–Trinajstić information content (AvgIpc) is 2.47. The Morgan fingerprint density at radius 3 is 2.67 bits per heavy atom. The van der Waals surface area contributed by atoms with Crippen LogP contribution in [0.15, 0.2) is 29.3 Å². The van der Waals surface area contributed by atoms with Crippen LogP contribution in [0.3, 0.4) is 0 Å². The topological polar surface area (TPSA) is 12.4 Å². The summed E-state index contributed by atoms with van der Waals surface area (Å²) in [5.74, 6) is 0. The van der Waals surface area contributed by atoms with Gasteiger partial charge in [0.25, 0.3) is 0 Å². The van der Waals surface area contributed by atoms with E-state index in [-0.39, 0.29) is 0 Å². The highest BCUT2D eigenvalue weighted by molar-refractivity contribution is 8.16. The summed E-state index contributed by atoms with van der Waals surface area (Å²) in [6.07, 6.45) is 6.45. The minimum absolute atomic E-state index is 0.315. The van der Waals surface area contributed by atoms with Crippen molar-refractivity contribution in [1.82, 2.24) is 0 Å². The maximum Gasteiger partial charge on any atom is 0.0713 e. The molecule has 62 valence electrons. The van der Waals surface area contributed by atoms with E-state index in [2.05, 4.69) is 35.7 Å². The van der Waals surface area contributed by atoms with E-state index in [1.807, 2.05) is 12.3 Å². The molecule has 0 spiro atoms. The number of benzene rings is 1. The van der Waals surface area contributed by atoms with E-state index >= 15 is 0 Å². The predicted octanol–water partition coefficient (Wildman–Crippen LogP) is 2.45. The van der Waals surface area contributed by atoms with Crippen LogP contribution in [-0.2, 0) is 0 Å². The predicted molar refractivity (Wildman–Crippen MR) is 58.1 cm³/mol. The molecule has 1 nitrogen and oxygen atoms in total. The fraction of sp³-hybridized carbons (Fsp3) is 0.200. The first kappa shape index (κ1) is 7.74. The third kappa shape index (κ3) is 1.12. The van der Waals surface area contributed by atoms with E-state index in [1.165, 1.54) is 10.4 Å². The van der Waals surface area contributed by atoms with E-state index in [0.717, 1.165) is 5.69 Å². The number of nitrogens with zero attached hydrogens (tertiary/aromatic N) is 1. The molecule has 0 radical (unpaired) electrons. The minimum Gasteiger partial charge on any atom is -0.255 e. The summed E-state index contributed by atoms with van der Waals surface area (Å²) in [6.45, 7) is 0. The Labute approximate surface area is 75.1 Å². The highest BCUT2D eigenvalue weighted by atomic mass is 32.2. The van der Waals surface area contributed by atoms with Gasteiger partial charge in [-0.1, -0.05) is 18.2 Å². The molecule has 1 aromatic rings. The van der Waals surface area contributed by atoms with Crippen LogP contribution >= 0.6 is 10.5 Å². The van der Waals surface area contributed by atoms with Crippen molar-refractivity contribution in [3.8, 4) is 0 Å². The van der Waals surface area contributed by atoms with E-state index in [9.17, 15) is 0 Å². The lowest BCUT2D eigenvalue weighted by atomic mass is 10.2. The first-order valence-corrected chi connectivity index (χ1v) is 5.91. The lowest BCUT2D eigenvalue weighted by Gasteiger charge is -2.00. The van der Waals surface area contributed by atoms with Gasteiger partial charge in [0.2, 0.25) is 0 Å². The fourth-order valence-corrected chi connectivity index (χ4v) is 2.19. The number of fused-ring (bicyclic) bond motifs is 1. The molecule has 0 atom stereocenters. The van der Waals surface area contributed by atoms with Gasteiger partial charge in [-0.25, -0.2) is 0 Å². The maximum absolute atomic E-state index is 4.35. The van der Waals surface area contributed by atoms with Crippen molar-refractivity contribution in [3.63, 3.8) is 0 Å². The van der Waals surface area contributed by atoms with Gasteiger partial charge >= 0.3 is 0 Å². The van der Waals surface area contributed by atoms with Crippen LogP contribution in [0.1, 0.15) is 5.56 Å². The molecule has 1 aromatic carbocycles. The Morgan fingerprint density at radius 1 is 1.17 bits per heavy atom. The second-order valence-electron chi connectivity index (χ2n) is 2.96. The number of rotatable bonds is 0. The lowest BCUT2D eigenvalue weighted by molar-refractivity contribution is 1.56. The second kappa shape index (κ2) is 2.87. The third-order valence-electron chi connectivity index (χ3n) is 1.93. The molecule has 0 N–H and O–H groups in total. The SMILES string of the molecule is CS(C)=C1C=Nc2ccccc21. The molecule has 2 rings (SSSR count). The number of hydrogen-bond acceptors (Lipinski definition) is 1. The Morgan fingerprint density at radius 2 is 1.92 bits per heavy atom. The first-order chi connectivity index (χ1) is 5.79. The van der Waals surface area contributed by atoms with Gasteiger partial charge in [0.15, 0.2) is 0 Å². The highest BCUT2D eigenvalue weighted by Crippen LogP contribution is 2.26. The molecular formula is C10H11NS. The van der Waals surface area contributed by atoms with Gasteiger partial charge in [-0.2, -0.15) is 10.5 Å². The summed E-state index contributed by atoms with van der Waals surface area (Å²) >= 11 is 0. The van der Waals surface area contributed by atoms with Crippen molar-refractivity contribution >= 4 is 27.3 Å². The standard InChI is InChI=1S/C10H11NS/c1-12(2)10-7-11-9-6-4-3-5-8(9)10/h3-7H,1-2H3. The summed E-state index contributed by atoms with van der Waals surface area (Å²) in [4.78, 5) is 5.73. The van der Waals surface area contributed by atoms with Crippen LogP contribution in [0.5, 0.6) is 0 Å². The molecule has 1 aliphatic rings. The van der Waals surface area contributed by atoms with Gasteiger partial charge in [0.05, 0.1) is 5.69 Å². The fourth-order valence-electron chi connectivity index (χ4n) is 1.32. The molecule has 12 heavy (non-hydrogen) atoms. The van der Waals surface area contributed by atoms with Crippen LogP contribution in [-0.4, -0.2) is 23.6 Å².